The summed E-state index contributed by atoms with van der Waals surface area (Å²) < 4.78 is 39.4. The number of hydrogen-bond acceptors (Lipinski definition) is 6. The van der Waals surface area contributed by atoms with Gasteiger partial charge >= 0.3 is 0 Å². The average Bonchev–Trinajstić information content (AvgIpc) is 3.08. The highest BCUT2D eigenvalue weighted by molar-refractivity contribution is 7.89. The Labute approximate surface area is 193 Å². The summed E-state index contributed by atoms with van der Waals surface area (Å²) in [6.07, 6.45) is 3.38. The predicted molar refractivity (Wildman–Crippen MR) is 121 cm³/mol. The Balaban J connectivity index is 1.56. The zero-order valence-corrected chi connectivity index (χ0v) is 19.6. The number of fused-ring (bicyclic) bond motifs is 1. The van der Waals surface area contributed by atoms with Gasteiger partial charge in [-0.3, -0.25) is 14.5 Å². The van der Waals surface area contributed by atoms with E-state index in [-0.39, 0.29) is 47.4 Å². The maximum absolute atomic E-state index is 13.1. The van der Waals surface area contributed by atoms with E-state index in [1.165, 1.54) is 25.2 Å². The van der Waals surface area contributed by atoms with Crippen LogP contribution in [0.25, 0.3) is 0 Å². The van der Waals surface area contributed by atoms with Crippen molar-refractivity contribution in [1.82, 2.24) is 9.62 Å². The first-order chi connectivity index (χ1) is 15.9. The molecule has 1 saturated carbocycles. The first kappa shape index (κ1) is 23.3. The second kappa shape index (κ2) is 9.52. The number of para-hydroxylation sites is 1. The maximum Gasteiger partial charge on any atom is 0.244 e. The van der Waals surface area contributed by atoms with Crippen molar-refractivity contribution in [3.05, 3.63) is 53.6 Å². The third kappa shape index (κ3) is 4.60. The molecule has 1 N–H and O–H groups in total. The first-order valence-electron chi connectivity index (χ1n) is 11.0. The van der Waals surface area contributed by atoms with Crippen LogP contribution in [0.15, 0.2) is 47.4 Å². The normalized spacial score (nSPS) is 20.6. The number of nitrogens with one attached hydrogen (secondary N) is 1. The molecule has 0 bridgehead atoms. The highest BCUT2D eigenvalue weighted by atomic mass is 32.2. The van der Waals surface area contributed by atoms with Crippen LogP contribution < -0.4 is 14.2 Å². The number of rotatable bonds is 8. The molecule has 2 fully saturated rings. The summed E-state index contributed by atoms with van der Waals surface area (Å²) in [5.74, 6) is -0.0312. The van der Waals surface area contributed by atoms with Crippen LogP contribution in [0.5, 0.6) is 11.5 Å². The second-order valence-electron chi connectivity index (χ2n) is 8.38. The fourth-order valence-corrected chi connectivity index (χ4v) is 5.92. The summed E-state index contributed by atoms with van der Waals surface area (Å²) >= 11 is 0. The Morgan fingerprint density at radius 2 is 1.58 bits per heavy atom. The molecule has 2 aliphatic rings. The summed E-state index contributed by atoms with van der Waals surface area (Å²) in [7, 11) is -1.03. The largest absolute Gasteiger partial charge is 0.496 e. The SMILES string of the molecule is COc1ccccc1CNS(=O)(=O)c1cc(CN2C(=O)C3CCCCC3C2=O)ccc1OC. The molecule has 2 aromatic rings. The van der Waals surface area contributed by atoms with Crippen LogP contribution in [0, 0.1) is 11.8 Å². The Hall–Kier alpha value is -2.91. The monoisotopic (exact) mass is 472 g/mol. The number of sulfonamides is 1. The van der Waals surface area contributed by atoms with Gasteiger partial charge < -0.3 is 9.47 Å². The van der Waals surface area contributed by atoms with Crippen LogP contribution >= 0.6 is 0 Å². The number of hydrogen-bond donors (Lipinski definition) is 1. The lowest BCUT2D eigenvalue weighted by molar-refractivity contribution is -0.140. The van der Waals surface area contributed by atoms with E-state index < -0.39 is 10.0 Å². The number of benzene rings is 2. The molecule has 176 valence electrons. The Bertz CT molecular complexity index is 1140. The minimum atomic E-state index is -3.95. The van der Waals surface area contributed by atoms with Crippen molar-refractivity contribution in [2.75, 3.05) is 14.2 Å². The molecule has 8 nitrogen and oxygen atoms in total. The van der Waals surface area contributed by atoms with Gasteiger partial charge in [-0.05, 0) is 36.6 Å². The lowest BCUT2D eigenvalue weighted by Crippen LogP contribution is -2.30. The minimum absolute atomic E-state index is 0.0339. The van der Waals surface area contributed by atoms with Gasteiger partial charge in [0.25, 0.3) is 0 Å². The van der Waals surface area contributed by atoms with Gasteiger partial charge in [0, 0.05) is 12.1 Å². The predicted octanol–water partition coefficient (Wildman–Crippen LogP) is 2.86. The molecule has 1 aliphatic carbocycles. The van der Waals surface area contributed by atoms with Gasteiger partial charge in [-0.15, -0.1) is 0 Å². The lowest BCUT2D eigenvalue weighted by atomic mass is 9.81. The van der Waals surface area contributed by atoms with E-state index in [0.717, 1.165) is 25.7 Å². The van der Waals surface area contributed by atoms with Gasteiger partial charge in [-0.2, -0.15) is 0 Å². The zero-order valence-electron chi connectivity index (χ0n) is 18.7. The minimum Gasteiger partial charge on any atom is -0.496 e. The molecule has 33 heavy (non-hydrogen) atoms. The third-order valence-corrected chi connectivity index (χ3v) is 7.86. The molecule has 1 aliphatic heterocycles. The molecule has 4 rings (SSSR count). The van der Waals surface area contributed by atoms with E-state index in [0.29, 0.717) is 16.9 Å². The average molecular weight is 473 g/mol. The van der Waals surface area contributed by atoms with E-state index in [4.69, 9.17) is 9.47 Å². The number of amides is 2. The molecule has 2 aromatic carbocycles. The number of methoxy groups -OCH3 is 2. The maximum atomic E-state index is 13.1. The van der Waals surface area contributed by atoms with Crippen LogP contribution in [-0.4, -0.2) is 39.4 Å². The van der Waals surface area contributed by atoms with Crippen molar-refractivity contribution in [3.8, 4) is 11.5 Å². The summed E-state index contributed by atoms with van der Waals surface area (Å²) in [5, 5.41) is 0. The summed E-state index contributed by atoms with van der Waals surface area (Å²) in [6, 6.07) is 11.8. The fourth-order valence-electron chi connectivity index (χ4n) is 4.70. The number of nitrogens with zero attached hydrogens (tertiary/aromatic N) is 1. The van der Waals surface area contributed by atoms with E-state index in [1.54, 1.807) is 36.4 Å². The number of carbonyl (C=O) groups is 2. The lowest BCUT2D eigenvalue weighted by Gasteiger charge is -2.19. The van der Waals surface area contributed by atoms with E-state index in [2.05, 4.69) is 4.72 Å². The van der Waals surface area contributed by atoms with Crippen LogP contribution in [0.3, 0.4) is 0 Å². The topological polar surface area (TPSA) is 102 Å². The fraction of sp³-hybridized carbons (Fsp3) is 0.417. The molecule has 9 heteroatoms. The molecule has 0 aromatic heterocycles. The molecular formula is C24H28N2O6S. The van der Waals surface area contributed by atoms with Crippen molar-refractivity contribution in [3.63, 3.8) is 0 Å². The highest BCUT2D eigenvalue weighted by Crippen LogP contribution is 2.39. The van der Waals surface area contributed by atoms with Gasteiger partial charge in [0.2, 0.25) is 21.8 Å². The van der Waals surface area contributed by atoms with Crippen molar-refractivity contribution in [2.24, 2.45) is 11.8 Å². The molecule has 1 saturated heterocycles. The third-order valence-electron chi connectivity index (χ3n) is 6.44. The highest BCUT2D eigenvalue weighted by Gasteiger charge is 2.47. The van der Waals surface area contributed by atoms with Crippen LogP contribution in [0.2, 0.25) is 0 Å². The zero-order chi connectivity index (χ0) is 23.6. The number of carbonyl (C=O) groups excluding carboxylic acids is 2. The van der Waals surface area contributed by atoms with Crippen molar-refractivity contribution in [1.29, 1.82) is 0 Å². The quantitative estimate of drug-likeness (QED) is 0.593. The standard InChI is InChI=1S/C24H28N2O6S/c1-31-20-10-6-3-7-17(20)14-25-33(29,30)22-13-16(11-12-21(22)32-2)15-26-23(27)18-8-4-5-9-19(18)24(26)28/h3,6-7,10-13,18-19,25H,4-5,8-9,14-15H2,1-2H3. The smallest absolute Gasteiger partial charge is 0.244 e. The molecule has 2 unspecified atom stereocenters. The Morgan fingerprint density at radius 1 is 0.939 bits per heavy atom. The van der Waals surface area contributed by atoms with Crippen molar-refractivity contribution in [2.45, 2.75) is 43.7 Å². The van der Waals surface area contributed by atoms with Gasteiger partial charge in [-0.25, -0.2) is 13.1 Å². The van der Waals surface area contributed by atoms with Gasteiger partial charge in [-0.1, -0.05) is 37.1 Å². The molecular weight excluding hydrogens is 444 g/mol. The van der Waals surface area contributed by atoms with Crippen LogP contribution in [-0.2, 0) is 32.7 Å². The number of ether oxygens (including phenoxy) is 2. The second-order valence-corrected chi connectivity index (χ2v) is 10.1. The van der Waals surface area contributed by atoms with E-state index in [1.807, 2.05) is 0 Å². The molecule has 2 atom stereocenters. The number of imide groups is 1. The Kier molecular flexibility index (Phi) is 6.71. The van der Waals surface area contributed by atoms with Gasteiger partial charge in [0.15, 0.2) is 0 Å². The van der Waals surface area contributed by atoms with E-state index in [9.17, 15) is 18.0 Å². The molecule has 0 radical (unpaired) electrons. The summed E-state index contributed by atoms with van der Waals surface area (Å²) in [6.45, 7) is 0.0792. The van der Waals surface area contributed by atoms with Crippen LogP contribution in [0.1, 0.15) is 36.8 Å². The van der Waals surface area contributed by atoms with E-state index >= 15 is 0 Å². The summed E-state index contributed by atoms with van der Waals surface area (Å²) in [5.41, 5.74) is 1.24. The van der Waals surface area contributed by atoms with Crippen molar-refractivity contribution >= 4 is 21.8 Å². The summed E-state index contributed by atoms with van der Waals surface area (Å²) in [4.78, 5) is 26.9. The van der Waals surface area contributed by atoms with Gasteiger partial charge in [0.1, 0.15) is 16.4 Å². The molecule has 0 spiro atoms. The number of likely N-dealkylation sites (tertiary alicyclic amines) is 1. The Morgan fingerprint density at radius 3 is 2.21 bits per heavy atom. The van der Waals surface area contributed by atoms with Gasteiger partial charge in [0.05, 0.1) is 32.6 Å². The van der Waals surface area contributed by atoms with Crippen molar-refractivity contribution < 1.29 is 27.5 Å². The molecule has 2 amide bonds. The van der Waals surface area contributed by atoms with Crippen LogP contribution in [0.4, 0.5) is 0 Å². The first-order valence-corrected chi connectivity index (χ1v) is 12.5. The molecule has 1 heterocycles.